The SMILES string of the molecule is CCN(CC)C(=O)CCCC(=O)N1CCNCC1c1ccccc1Cl. The van der Waals surface area contributed by atoms with E-state index in [1.807, 2.05) is 47.9 Å². The third kappa shape index (κ3) is 5.19. The van der Waals surface area contributed by atoms with Crippen LogP contribution in [0.3, 0.4) is 0 Å². The Morgan fingerprint density at radius 3 is 2.64 bits per heavy atom. The monoisotopic (exact) mass is 365 g/mol. The van der Waals surface area contributed by atoms with Crippen LogP contribution in [-0.2, 0) is 9.59 Å². The lowest BCUT2D eigenvalue weighted by Crippen LogP contribution is -2.48. The molecular formula is C19H28ClN3O2. The van der Waals surface area contributed by atoms with E-state index in [1.165, 1.54) is 0 Å². The molecule has 0 aliphatic carbocycles. The molecule has 5 nitrogen and oxygen atoms in total. The Balaban J connectivity index is 1.95. The van der Waals surface area contributed by atoms with Crippen LogP contribution in [0.2, 0.25) is 5.02 Å². The molecule has 0 saturated carbocycles. The van der Waals surface area contributed by atoms with Gasteiger partial charge in [0.15, 0.2) is 0 Å². The van der Waals surface area contributed by atoms with E-state index in [1.54, 1.807) is 0 Å². The van der Waals surface area contributed by atoms with Gasteiger partial charge in [0, 0.05) is 50.6 Å². The third-order valence-electron chi connectivity index (χ3n) is 4.73. The van der Waals surface area contributed by atoms with Crippen molar-refractivity contribution in [3.8, 4) is 0 Å². The zero-order valence-electron chi connectivity index (χ0n) is 15.1. The lowest BCUT2D eigenvalue weighted by molar-refractivity contribution is -0.135. The minimum Gasteiger partial charge on any atom is -0.343 e. The van der Waals surface area contributed by atoms with Crippen molar-refractivity contribution >= 4 is 23.4 Å². The Bertz CT molecular complexity index is 590. The molecule has 1 atom stereocenters. The number of piperazine rings is 1. The van der Waals surface area contributed by atoms with Gasteiger partial charge in [-0.05, 0) is 31.9 Å². The first kappa shape index (κ1) is 19.7. The van der Waals surface area contributed by atoms with Crippen LogP contribution >= 0.6 is 11.6 Å². The maximum atomic E-state index is 12.7. The Morgan fingerprint density at radius 2 is 1.96 bits per heavy atom. The Labute approximate surface area is 155 Å². The minimum atomic E-state index is -0.0477. The number of hydrogen-bond donors (Lipinski definition) is 1. The molecule has 1 aromatic carbocycles. The van der Waals surface area contributed by atoms with Crippen LogP contribution in [0.25, 0.3) is 0 Å². The molecule has 1 aliphatic rings. The van der Waals surface area contributed by atoms with Gasteiger partial charge >= 0.3 is 0 Å². The number of nitrogens with zero attached hydrogens (tertiary/aromatic N) is 2. The van der Waals surface area contributed by atoms with Crippen LogP contribution in [0.5, 0.6) is 0 Å². The molecule has 1 aliphatic heterocycles. The Kier molecular flexibility index (Phi) is 7.72. The molecule has 25 heavy (non-hydrogen) atoms. The molecule has 1 heterocycles. The molecule has 138 valence electrons. The summed E-state index contributed by atoms with van der Waals surface area (Å²) in [4.78, 5) is 28.5. The van der Waals surface area contributed by atoms with Crippen molar-refractivity contribution in [2.24, 2.45) is 0 Å². The highest BCUT2D eigenvalue weighted by Crippen LogP contribution is 2.29. The van der Waals surface area contributed by atoms with Crippen molar-refractivity contribution in [2.75, 3.05) is 32.7 Å². The van der Waals surface area contributed by atoms with Gasteiger partial charge in [0.25, 0.3) is 0 Å². The standard InChI is InChI=1S/C19H28ClN3O2/c1-3-22(4-2)18(24)10-7-11-19(25)23-13-12-21-14-17(23)15-8-5-6-9-16(15)20/h5-6,8-9,17,21H,3-4,7,10-14H2,1-2H3. The van der Waals surface area contributed by atoms with E-state index < -0.39 is 0 Å². The number of halogens is 1. The predicted molar refractivity (Wildman–Crippen MR) is 101 cm³/mol. The Hall–Kier alpha value is -1.59. The molecule has 1 fully saturated rings. The van der Waals surface area contributed by atoms with Crippen LogP contribution in [0.15, 0.2) is 24.3 Å². The quantitative estimate of drug-likeness (QED) is 0.808. The van der Waals surface area contributed by atoms with Crippen molar-refractivity contribution in [3.63, 3.8) is 0 Å². The van der Waals surface area contributed by atoms with Gasteiger partial charge in [-0.15, -0.1) is 0 Å². The predicted octanol–water partition coefficient (Wildman–Crippen LogP) is 2.85. The minimum absolute atomic E-state index is 0.0477. The molecule has 1 saturated heterocycles. The van der Waals surface area contributed by atoms with Crippen LogP contribution in [0.4, 0.5) is 0 Å². The number of hydrogen-bond acceptors (Lipinski definition) is 3. The molecule has 1 aromatic rings. The largest absolute Gasteiger partial charge is 0.343 e. The van der Waals surface area contributed by atoms with E-state index >= 15 is 0 Å². The number of carbonyl (C=O) groups is 2. The number of benzene rings is 1. The number of rotatable bonds is 7. The van der Waals surface area contributed by atoms with Crippen LogP contribution < -0.4 is 5.32 Å². The summed E-state index contributed by atoms with van der Waals surface area (Å²) in [7, 11) is 0. The topological polar surface area (TPSA) is 52.7 Å². The van der Waals surface area contributed by atoms with Crippen molar-refractivity contribution < 1.29 is 9.59 Å². The summed E-state index contributed by atoms with van der Waals surface area (Å²) in [6, 6.07) is 7.63. The average Bonchev–Trinajstić information content (AvgIpc) is 2.63. The average molecular weight is 366 g/mol. The first-order valence-corrected chi connectivity index (χ1v) is 9.48. The fourth-order valence-corrected chi connectivity index (χ4v) is 3.56. The maximum Gasteiger partial charge on any atom is 0.223 e. The summed E-state index contributed by atoms with van der Waals surface area (Å²) in [5, 5.41) is 4.02. The molecule has 0 radical (unpaired) electrons. The molecule has 0 aromatic heterocycles. The second-order valence-corrected chi connectivity index (χ2v) is 6.66. The lowest BCUT2D eigenvalue weighted by Gasteiger charge is -2.37. The lowest BCUT2D eigenvalue weighted by atomic mass is 10.0. The summed E-state index contributed by atoms with van der Waals surface area (Å²) in [6.45, 7) is 7.53. The highest BCUT2D eigenvalue weighted by molar-refractivity contribution is 6.31. The fraction of sp³-hybridized carbons (Fsp3) is 0.579. The molecule has 2 rings (SSSR count). The molecule has 1 unspecified atom stereocenters. The molecule has 0 spiro atoms. The van der Waals surface area contributed by atoms with Gasteiger partial charge in [0.05, 0.1) is 6.04 Å². The van der Waals surface area contributed by atoms with Gasteiger partial charge in [-0.25, -0.2) is 0 Å². The third-order valence-corrected chi connectivity index (χ3v) is 5.07. The highest BCUT2D eigenvalue weighted by atomic mass is 35.5. The van der Waals surface area contributed by atoms with Gasteiger partial charge < -0.3 is 15.1 Å². The molecular weight excluding hydrogens is 338 g/mol. The maximum absolute atomic E-state index is 12.7. The van der Waals surface area contributed by atoms with E-state index in [0.29, 0.717) is 37.4 Å². The smallest absolute Gasteiger partial charge is 0.223 e. The van der Waals surface area contributed by atoms with Crippen molar-refractivity contribution in [2.45, 2.75) is 39.2 Å². The second-order valence-electron chi connectivity index (χ2n) is 6.25. The number of amides is 2. The summed E-state index contributed by atoms with van der Waals surface area (Å²) < 4.78 is 0. The number of nitrogens with one attached hydrogen (secondary N) is 1. The summed E-state index contributed by atoms with van der Waals surface area (Å²) in [5.74, 6) is 0.222. The summed E-state index contributed by atoms with van der Waals surface area (Å²) in [6.07, 6.45) is 1.41. The normalized spacial score (nSPS) is 17.4. The van der Waals surface area contributed by atoms with E-state index in [-0.39, 0.29) is 17.9 Å². The zero-order chi connectivity index (χ0) is 18.2. The van der Waals surface area contributed by atoms with Gasteiger partial charge in [0.1, 0.15) is 0 Å². The van der Waals surface area contributed by atoms with Crippen molar-refractivity contribution in [3.05, 3.63) is 34.9 Å². The fourth-order valence-electron chi connectivity index (χ4n) is 3.29. The van der Waals surface area contributed by atoms with Crippen molar-refractivity contribution in [1.29, 1.82) is 0 Å². The molecule has 0 bridgehead atoms. The Morgan fingerprint density at radius 1 is 1.24 bits per heavy atom. The van der Waals surface area contributed by atoms with Gasteiger partial charge in [0.2, 0.25) is 11.8 Å². The summed E-state index contributed by atoms with van der Waals surface area (Å²) >= 11 is 6.32. The summed E-state index contributed by atoms with van der Waals surface area (Å²) in [5.41, 5.74) is 0.976. The molecule has 2 amide bonds. The van der Waals surface area contributed by atoms with E-state index in [4.69, 9.17) is 11.6 Å². The molecule has 1 N–H and O–H groups in total. The molecule has 6 heteroatoms. The highest BCUT2D eigenvalue weighted by Gasteiger charge is 2.28. The van der Waals surface area contributed by atoms with Crippen LogP contribution in [-0.4, -0.2) is 54.3 Å². The van der Waals surface area contributed by atoms with Gasteiger partial charge in [-0.2, -0.15) is 0 Å². The first-order valence-electron chi connectivity index (χ1n) is 9.10. The van der Waals surface area contributed by atoms with Crippen molar-refractivity contribution in [1.82, 2.24) is 15.1 Å². The van der Waals surface area contributed by atoms with Crippen LogP contribution in [0, 0.1) is 0 Å². The number of carbonyl (C=O) groups excluding carboxylic acids is 2. The zero-order valence-corrected chi connectivity index (χ0v) is 15.9. The van der Waals surface area contributed by atoms with E-state index in [2.05, 4.69) is 5.32 Å². The van der Waals surface area contributed by atoms with E-state index in [0.717, 1.165) is 25.2 Å². The van der Waals surface area contributed by atoms with Crippen LogP contribution in [0.1, 0.15) is 44.7 Å². The van der Waals surface area contributed by atoms with Gasteiger partial charge in [-0.3, -0.25) is 9.59 Å². The second kappa shape index (κ2) is 9.78. The van der Waals surface area contributed by atoms with E-state index in [9.17, 15) is 9.59 Å². The van der Waals surface area contributed by atoms with Gasteiger partial charge in [-0.1, -0.05) is 29.8 Å². The first-order chi connectivity index (χ1) is 12.1.